The highest BCUT2D eigenvalue weighted by molar-refractivity contribution is 5.89. The lowest BCUT2D eigenvalue weighted by Gasteiger charge is -2.15. The molecule has 0 fully saturated rings. The molecule has 0 saturated carbocycles. The third-order valence-electron chi connectivity index (χ3n) is 4.05. The molecular weight excluding hydrogens is 402 g/mol. The van der Waals surface area contributed by atoms with E-state index in [2.05, 4.69) is 5.32 Å². The summed E-state index contributed by atoms with van der Waals surface area (Å²) in [5, 5.41) is 31.0. The third kappa shape index (κ3) is 7.52. The first-order valence-corrected chi connectivity index (χ1v) is 8.69. The number of ether oxygens (including phenoxy) is 2. The second-order valence-corrected chi connectivity index (χ2v) is 6.09. The number of carbonyl (C=O) groups is 2. The van der Waals surface area contributed by atoms with Gasteiger partial charge in [-0.3, -0.25) is 4.79 Å². The zero-order chi connectivity index (χ0) is 20.5. The van der Waals surface area contributed by atoms with Gasteiger partial charge in [0.2, 0.25) is 0 Å². The lowest BCUT2D eigenvalue weighted by molar-refractivity contribution is -0.139. The van der Waals surface area contributed by atoms with Gasteiger partial charge in [-0.15, -0.1) is 12.4 Å². The molecule has 2 aromatic carbocycles. The van der Waals surface area contributed by atoms with Gasteiger partial charge in [0, 0.05) is 0 Å². The van der Waals surface area contributed by atoms with Crippen molar-refractivity contribution in [3.63, 3.8) is 0 Å². The van der Waals surface area contributed by atoms with Gasteiger partial charge in [0.05, 0.1) is 19.3 Å². The quantitative estimate of drug-likeness (QED) is 0.260. The van der Waals surface area contributed by atoms with Gasteiger partial charge in [-0.25, -0.2) is 4.79 Å². The number of halogens is 1. The summed E-state index contributed by atoms with van der Waals surface area (Å²) in [5.41, 5.74) is 0.977. The molecule has 9 heteroatoms. The number of carbonyl (C=O) groups excluding carboxylic acids is 1. The second kappa shape index (κ2) is 11.8. The van der Waals surface area contributed by atoms with Crippen molar-refractivity contribution in [2.75, 3.05) is 20.3 Å². The molecule has 29 heavy (non-hydrogen) atoms. The zero-order valence-electron chi connectivity index (χ0n) is 15.8. The second-order valence-electron chi connectivity index (χ2n) is 6.09. The lowest BCUT2D eigenvalue weighted by atomic mass is 10.1. The summed E-state index contributed by atoms with van der Waals surface area (Å²) in [6.45, 7) is 0.473. The molecule has 4 N–H and O–H groups in total. The van der Waals surface area contributed by atoms with Gasteiger partial charge in [-0.1, -0.05) is 6.07 Å². The largest absolute Gasteiger partial charge is 0.504 e. The highest BCUT2D eigenvalue weighted by atomic mass is 35.5. The first-order chi connectivity index (χ1) is 13.4. The normalized spacial score (nSPS) is 11.2. The number of hydrogen-bond donors (Lipinski definition) is 4. The van der Waals surface area contributed by atoms with E-state index in [1.807, 2.05) is 0 Å². The van der Waals surface area contributed by atoms with Gasteiger partial charge >= 0.3 is 11.9 Å². The molecule has 0 saturated heterocycles. The fourth-order valence-electron chi connectivity index (χ4n) is 2.50. The molecule has 0 aromatic heterocycles. The Kier molecular flexibility index (Phi) is 9.78. The molecule has 0 spiro atoms. The number of hydrogen-bond acceptors (Lipinski definition) is 7. The van der Waals surface area contributed by atoms with E-state index < -0.39 is 18.0 Å². The maximum absolute atomic E-state index is 11.9. The summed E-state index contributed by atoms with van der Waals surface area (Å²) in [5.74, 6) is -1.42. The molecule has 0 heterocycles. The van der Waals surface area contributed by atoms with Crippen molar-refractivity contribution < 1.29 is 34.4 Å². The van der Waals surface area contributed by atoms with E-state index >= 15 is 0 Å². The van der Waals surface area contributed by atoms with Gasteiger partial charge in [-0.05, 0) is 61.3 Å². The highest BCUT2D eigenvalue weighted by Gasteiger charge is 2.18. The number of rotatable bonds is 10. The van der Waals surface area contributed by atoms with E-state index in [-0.39, 0.29) is 36.9 Å². The molecule has 0 radical (unpaired) electrons. The topological polar surface area (TPSA) is 125 Å². The van der Waals surface area contributed by atoms with Crippen LogP contribution in [-0.4, -0.2) is 53.6 Å². The van der Waals surface area contributed by atoms with Gasteiger partial charge in [0.15, 0.2) is 11.5 Å². The Labute approximate surface area is 174 Å². The molecule has 8 nitrogen and oxygen atoms in total. The molecule has 1 atom stereocenters. The fraction of sp³-hybridized carbons (Fsp3) is 0.300. The number of aliphatic carboxylic acids is 1. The summed E-state index contributed by atoms with van der Waals surface area (Å²) in [6.07, 6.45) is 0.571. The molecule has 2 aromatic rings. The number of carboxylic acids is 1. The van der Waals surface area contributed by atoms with Crippen molar-refractivity contribution in [2.24, 2.45) is 0 Å². The van der Waals surface area contributed by atoms with Crippen LogP contribution in [0.1, 0.15) is 22.3 Å². The number of benzene rings is 2. The Balaban J connectivity index is 0.00000420. The zero-order valence-corrected chi connectivity index (χ0v) is 16.6. The third-order valence-corrected chi connectivity index (χ3v) is 4.05. The number of methoxy groups -OCH3 is 1. The SMILES string of the molecule is COc1ccc(C(=O)OCCCN[C@@H](Cc2ccc(O)c(O)c2)C(=O)O)cc1.Cl. The molecule has 0 amide bonds. The minimum Gasteiger partial charge on any atom is -0.504 e. The molecule has 0 bridgehead atoms. The van der Waals surface area contributed by atoms with Crippen LogP contribution in [0.3, 0.4) is 0 Å². The van der Waals surface area contributed by atoms with Crippen LogP contribution in [0.4, 0.5) is 0 Å². The maximum Gasteiger partial charge on any atom is 0.338 e. The molecule has 0 aliphatic carbocycles. The average Bonchev–Trinajstić information content (AvgIpc) is 2.69. The van der Waals surface area contributed by atoms with E-state index in [0.29, 0.717) is 29.8 Å². The standard InChI is InChI=1S/C20H23NO7.ClH/c1-27-15-6-4-14(5-7-15)20(26)28-10-2-9-21-16(19(24)25)11-13-3-8-17(22)18(23)12-13;/h3-8,12,16,21-23H,2,9-11H2,1H3,(H,24,25);1H/t16-;/m0./s1. The summed E-state index contributed by atoms with van der Waals surface area (Å²) >= 11 is 0. The number of aromatic hydroxyl groups is 2. The minimum absolute atomic E-state index is 0. The van der Waals surface area contributed by atoms with Crippen molar-refractivity contribution in [1.29, 1.82) is 0 Å². The van der Waals surface area contributed by atoms with E-state index in [9.17, 15) is 24.9 Å². The van der Waals surface area contributed by atoms with E-state index in [4.69, 9.17) is 9.47 Å². The van der Waals surface area contributed by atoms with Gasteiger partial charge in [0.25, 0.3) is 0 Å². The van der Waals surface area contributed by atoms with Crippen LogP contribution in [0.25, 0.3) is 0 Å². The summed E-state index contributed by atoms with van der Waals surface area (Å²) in [7, 11) is 1.54. The average molecular weight is 426 g/mol. The number of phenolic OH excluding ortho intramolecular Hbond substituents is 2. The van der Waals surface area contributed by atoms with Crippen molar-refractivity contribution in [3.8, 4) is 17.2 Å². The summed E-state index contributed by atoms with van der Waals surface area (Å²) in [6, 6.07) is 9.84. The van der Waals surface area contributed by atoms with E-state index in [1.165, 1.54) is 19.2 Å². The number of carboxylic acid groups (broad SMARTS) is 1. The van der Waals surface area contributed by atoms with Crippen molar-refractivity contribution >= 4 is 24.3 Å². The fourth-order valence-corrected chi connectivity index (χ4v) is 2.50. The molecule has 158 valence electrons. The monoisotopic (exact) mass is 425 g/mol. The van der Waals surface area contributed by atoms with Crippen LogP contribution in [0.15, 0.2) is 42.5 Å². The Morgan fingerprint density at radius 1 is 1.07 bits per heavy atom. The van der Waals surface area contributed by atoms with Crippen molar-refractivity contribution in [3.05, 3.63) is 53.6 Å². The summed E-state index contributed by atoms with van der Waals surface area (Å²) < 4.78 is 10.2. The van der Waals surface area contributed by atoms with Crippen LogP contribution in [0, 0.1) is 0 Å². The highest BCUT2D eigenvalue weighted by Crippen LogP contribution is 2.25. The first-order valence-electron chi connectivity index (χ1n) is 8.69. The van der Waals surface area contributed by atoms with Crippen LogP contribution in [0.5, 0.6) is 17.2 Å². The molecular formula is C20H24ClNO7. The predicted octanol–water partition coefficient (Wildman–Crippen LogP) is 2.36. The van der Waals surface area contributed by atoms with Crippen LogP contribution < -0.4 is 10.1 Å². The van der Waals surface area contributed by atoms with Crippen molar-refractivity contribution in [2.45, 2.75) is 18.9 Å². The first kappa shape index (κ1) is 24.1. The van der Waals surface area contributed by atoms with E-state index in [1.54, 1.807) is 30.3 Å². The van der Waals surface area contributed by atoms with E-state index in [0.717, 1.165) is 0 Å². The molecule has 0 aliphatic heterocycles. The van der Waals surface area contributed by atoms with Crippen molar-refractivity contribution in [1.82, 2.24) is 5.32 Å². The Bertz CT molecular complexity index is 811. The Hall–Kier alpha value is -2.97. The number of nitrogens with one attached hydrogen (secondary N) is 1. The predicted molar refractivity (Wildman–Crippen MR) is 108 cm³/mol. The van der Waals surface area contributed by atoms with Gasteiger partial charge < -0.3 is 30.1 Å². The lowest BCUT2D eigenvalue weighted by Crippen LogP contribution is -2.39. The number of phenols is 2. The Morgan fingerprint density at radius 3 is 2.34 bits per heavy atom. The maximum atomic E-state index is 11.9. The summed E-state index contributed by atoms with van der Waals surface area (Å²) in [4.78, 5) is 23.3. The van der Waals surface area contributed by atoms with Crippen LogP contribution in [0.2, 0.25) is 0 Å². The number of esters is 1. The molecule has 0 unspecified atom stereocenters. The van der Waals surface area contributed by atoms with Crippen LogP contribution >= 0.6 is 12.4 Å². The molecule has 0 aliphatic rings. The smallest absolute Gasteiger partial charge is 0.338 e. The molecule has 2 rings (SSSR count). The minimum atomic E-state index is -1.04. The van der Waals surface area contributed by atoms with Gasteiger partial charge in [-0.2, -0.15) is 0 Å². The Morgan fingerprint density at radius 2 is 1.76 bits per heavy atom. The van der Waals surface area contributed by atoms with Gasteiger partial charge in [0.1, 0.15) is 11.8 Å². The van der Waals surface area contributed by atoms with Crippen LogP contribution in [-0.2, 0) is 16.0 Å².